The van der Waals surface area contributed by atoms with Crippen LogP contribution in [0.25, 0.3) is 0 Å². The number of aromatic nitrogens is 1. The van der Waals surface area contributed by atoms with Crippen molar-refractivity contribution in [2.75, 3.05) is 0 Å². The highest BCUT2D eigenvalue weighted by Gasteiger charge is 2.17. The van der Waals surface area contributed by atoms with Gasteiger partial charge in [0, 0.05) is 6.20 Å². The Hall–Kier alpha value is -1.07. The van der Waals surface area contributed by atoms with E-state index < -0.39 is 10.0 Å². The predicted octanol–water partition coefficient (Wildman–Crippen LogP) is 2.80. The third-order valence-corrected chi connectivity index (χ3v) is 4.83. The number of hydrogen-bond donors (Lipinski definition) is 0. The van der Waals surface area contributed by atoms with E-state index in [0.717, 1.165) is 5.56 Å². The Morgan fingerprint density at radius 3 is 2.25 bits per heavy atom. The fourth-order valence-corrected chi connectivity index (χ4v) is 3.43. The van der Waals surface area contributed by atoms with E-state index in [9.17, 15) is 8.42 Å². The van der Waals surface area contributed by atoms with Crippen molar-refractivity contribution < 1.29 is 8.42 Å². The summed E-state index contributed by atoms with van der Waals surface area (Å²) in [6, 6.07) is 10.1. The third-order valence-electron chi connectivity index (χ3n) is 2.24. The molecular formula is C11H10BrNO2S. The largest absolute Gasteiger partial charge is 0.268 e. The van der Waals surface area contributed by atoms with Gasteiger partial charge in [-0.2, -0.15) is 0 Å². The molecule has 2 aromatic rings. The van der Waals surface area contributed by atoms with Crippen molar-refractivity contribution >= 4 is 26.0 Å². The van der Waals surface area contributed by atoms with E-state index in [1.54, 1.807) is 36.4 Å². The molecule has 0 atom stereocenters. The van der Waals surface area contributed by atoms with Gasteiger partial charge in [0.05, 0.1) is 9.50 Å². The average molecular weight is 300 g/mol. The molecule has 1 aromatic carbocycles. The van der Waals surface area contributed by atoms with E-state index >= 15 is 0 Å². The van der Waals surface area contributed by atoms with Crippen molar-refractivity contribution in [1.82, 2.24) is 3.97 Å². The van der Waals surface area contributed by atoms with Gasteiger partial charge in [-0.05, 0) is 47.1 Å². The van der Waals surface area contributed by atoms with Crippen molar-refractivity contribution in [3.05, 3.63) is 52.8 Å². The summed E-state index contributed by atoms with van der Waals surface area (Å²) in [6.07, 6.45) is 1.51. The van der Waals surface area contributed by atoms with Crippen LogP contribution in [0, 0.1) is 6.92 Å². The van der Waals surface area contributed by atoms with E-state index in [0.29, 0.717) is 4.60 Å². The van der Waals surface area contributed by atoms with Gasteiger partial charge in [0.15, 0.2) is 0 Å². The highest BCUT2D eigenvalue weighted by Crippen LogP contribution is 2.20. The van der Waals surface area contributed by atoms with Crippen LogP contribution in [0.1, 0.15) is 5.56 Å². The van der Waals surface area contributed by atoms with Crippen molar-refractivity contribution in [2.24, 2.45) is 0 Å². The summed E-state index contributed by atoms with van der Waals surface area (Å²) < 4.78 is 26.0. The smallest absolute Gasteiger partial charge is 0.235 e. The van der Waals surface area contributed by atoms with E-state index in [1.807, 2.05) is 6.92 Å². The lowest BCUT2D eigenvalue weighted by Crippen LogP contribution is -2.11. The first-order valence-corrected chi connectivity index (χ1v) is 6.90. The zero-order chi connectivity index (χ0) is 11.8. The van der Waals surface area contributed by atoms with Crippen molar-refractivity contribution in [1.29, 1.82) is 0 Å². The molecule has 84 valence electrons. The van der Waals surface area contributed by atoms with Crippen LogP contribution in [0.15, 0.2) is 52.1 Å². The van der Waals surface area contributed by atoms with Crippen molar-refractivity contribution in [2.45, 2.75) is 11.8 Å². The molecule has 1 aromatic heterocycles. The Kier molecular flexibility index (Phi) is 2.90. The number of hydrogen-bond acceptors (Lipinski definition) is 2. The van der Waals surface area contributed by atoms with Crippen LogP contribution >= 0.6 is 15.9 Å². The summed E-state index contributed by atoms with van der Waals surface area (Å²) in [7, 11) is -3.47. The molecule has 0 aliphatic heterocycles. The first-order valence-electron chi connectivity index (χ1n) is 4.67. The minimum Gasteiger partial charge on any atom is -0.235 e. The van der Waals surface area contributed by atoms with E-state index in [2.05, 4.69) is 15.9 Å². The maximum atomic E-state index is 12.2. The highest BCUT2D eigenvalue weighted by atomic mass is 79.9. The van der Waals surface area contributed by atoms with Crippen LogP contribution in [0.5, 0.6) is 0 Å². The quantitative estimate of drug-likeness (QED) is 0.855. The molecule has 0 amide bonds. The SMILES string of the molecule is Cc1ccc(S(=O)(=O)n2cccc2Br)cc1. The number of benzene rings is 1. The lowest BCUT2D eigenvalue weighted by Gasteiger charge is -2.07. The molecule has 0 bridgehead atoms. The Labute approximate surface area is 103 Å². The Bertz CT molecular complexity index is 599. The molecule has 16 heavy (non-hydrogen) atoms. The normalized spacial score (nSPS) is 11.6. The zero-order valence-electron chi connectivity index (χ0n) is 8.59. The van der Waals surface area contributed by atoms with Gasteiger partial charge in [0.25, 0.3) is 10.0 Å². The summed E-state index contributed by atoms with van der Waals surface area (Å²) in [5, 5.41) is 0. The van der Waals surface area contributed by atoms with Gasteiger partial charge in [-0.1, -0.05) is 17.7 Å². The minimum absolute atomic E-state index is 0.287. The lowest BCUT2D eigenvalue weighted by atomic mass is 10.2. The van der Waals surface area contributed by atoms with E-state index in [1.165, 1.54) is 10.2 Å². The molecule has 2 rings (SSSR count). The molecule has 0 fully saturated rings. The van der Waals surface area contributed by atoms with Crippen LogP contribution in [0.3, 0.4) is 0 Å². The van der Waals surface area contributed by atoms with Gasteiger partial charge in [-0.25, -0.2) is 12.4 Å². The maximum absolute atomic E-state index is 12.2. The first-order chi connectivity index (χ1) is 7.51. The number of rotatable bonds is 2. The fraction of sp³-hybridized carbons (Fsp3) is 0.0909. The second-order valence-electron chi connectivity index (χ2n) is 3.44. The van der Waals surface area contributed by atoms with E-state index in [4.69, 9.17) is 0 Å². The number of nitrogens with zero attached hydrogens (tertiary/aromatic N) is 1. The van der Waals surface area contributed by atoms with Crippen molar-refractivity contribution in [3.63, 3.8) is 0 Å². The molecule has 1 heterocycles. The molecule has 0 N–H and O–H groups in total. The summed E-state index contributed by atoms with van der Waals surface area (Å²) in [4.78, 5) is 0.287. The molecule has 5 heteroatoms. The molecule has 0 saturated carbocycles. The number of aryl methyl sites for hydroxylation is 1. The molecule has 0 aliphatic rings. The first kappa shape index (κ1) is 11.4. The summed E-state index contributed by atoms with van der Waals surface area (Å²) in [5.41, 5.74) is 1.03. The molecule has 0 aliphatic carbocycles. The highest BCUT2D eigenvalue weighted by molar-refractivity contribution is 9.10. The van der Waals surface area contributed by atoms with Gasteiger partial charge in [-0.3, -0.25) is 0 Å². The topological polar surface area (TPSA) is 39.1 Å². The Morgan fingerprint density at radius 1 is 1.12 bits per heavy atom. The Morgan fingerprint density at radius 2 is 1.75 bits per heavy atom. The van der Waals surface area contributed by atoms with Crippen LogP contribution in [-0.4, -0.2) is 12.4 Å². The van der Waals surface area contributed by atoms with Crippen LogP contribution in [-0.2, 0) is 10.0 Å². The second-order valence-corrected chi connectivity index (χ2v) is 6.07. The lowest BCUT2D eigenvalue weighted by molar-refractivity contribution is 0.586. The fourth-order valence-electron chi connectivity index (χ4n) is 1.36. The summed E-state index contributed by atoms with van der Waals surface area (Å²) in [5.74, 6) is 0. The van der Waals surface area contributed by atoms with Gasteiger partial charge in [0.2, 0.25) is 0 Å². The average Bonchev–Trinajstić information content (AvgIpc) is 2.66. The standard InChI is InChI=1S/C11H10BrNO2S/c1-9-4-6-10(7-5-9)16(14,15)13-8-2-3-11(13)12/h2-8H,1H3. The molecule has 0 spiro atoms. The summed E-state index contributed by atoms with van der Waals surface area (Å²) in [6.45, 7) is 1.92. The third kappa shape index (κ3) is 1.92. The molecule has 0 saturated heterocycles. The minimum atomic E-state index is -3.47. The van der Waals surface area contributed by atoms with Crippen LogP contribution < -0.4 is 0 Å². The second kappa shape index (κ2) is 4.07. The molecule has 0 unspecified atom stereocenters. The van der Waals surface area contributed by atoms with Crippen LogP contribution in [0.2, 0.25) is 0 Å². The predicted molar refractivity (Wildman–Crippen MR) is 65.9 cm³/mol. The summed E-state index contributed by atoms with van der Waals surface area (Å²) >= 11 is 3.20. The van der Waals surface area contributed by atoms with E-state index in [-0.39, 0.29) is 4.90 Å². The van der Waals surface area contributed by atoms with Gasteiger partial charge < -0.3 is 0 Å². The van der Waals surface area contributed by atoms with Gasteiger partial charge >= 0.3 is 0 Å². The zero-order valence-corrected chi connectivity index (χ0v) is 11.0. The Balaban J connectivity index is 2.56. The number of halogens is 1. The van der Waals surface area contributed by atoms with Gasteiger partial charge in [-0.15, -0.1) is 0 Å². The monoisotopic (exact) mass is 299 g/mol. The maximum Gasteiger partial charge on any atom is 0.268 e. The van der Waals surface area contributed by atoms with Crippen molar-refractivity contribution in [3.8, 4) is 0 Å². The molecular weight excluding hydrogens is 290 g/mol. The molecule has 3 nitrogen and oxygen atoms in total. The van der Waals surface area contributed by atoms with Gasteiger partial charge in [0.1, 0.15) is 0 Å². The van der Waals surface area contributed by atoms with Crippen LogP contribution in [0.4, 0.5) is 0 Å². The molecule has 0 radical (unpaired) electrons.